The average Bonchev–Trinajstić information content (AvgIpc) is 2.74. The summed E-state index contributed by atoms with van der Waals surface area (Å²) >= 11 is 5.50. The van der Waals surface area contributed by atoms with Crippen LogP contribution in [-0.4, -0.2) is 31.3 Å². The lowest BCUT2D eigenvalue weighted by atomic mass is 9.99. The highest BCUT2D eigenvalue weighted by Gasteiger charge is 2.17. The number of benzene rings is 2. The predicted octanol–water partition coefficient (Wildman–Crippen LogP) is 5.07. The van der Waals surface area contributed by atoms with Gasteiger partial charge in [0.15, 0.2) is 5.11 Å². The molecule has 1 fully saturated rings. The topological polar surface area (TPSA) is 53.6 Å². The number of aryl methyl sites for hydroxylation is 1. The molecule has 1 aliphatic heterocycles. The number of rotatable bonds is 5. The monoisotopic (exact) mass is 425 g/mol. The molecule has 30 heavy (non-hydrogen) atoms. The molecule has 0 saturated carbocycles. The van der Waals surface area contributed by atoms with Crippen molar-refractivity contribution in [3.63, 3.8) is 0 Å². The van der Waals surface area contributed by atoms with E-state index in [0.717, 1.165) is 30.3 Å². The Balaban J connectivity index is 1.61. The van der Waals surface area contributed by atoms with Crippen LogP contribution in [0.4, 0.5) is 11.4 Å². The van der Waals surface area contributed by atoms with Crippen molar-refractivity contribution >= 4 is 34.7 Å². The van der Waals surface area contributed by atoms with E-state index in [1.165, 1.54) is 31.2 Å². The molecule has 3 rings (SSSR count). The standard InChI is InChI=1S/C24H31N3O2S/c1-16-6-5-13-27(15-16)21-11-9-19(10-12-21)18(3)25-24(30)26-22-14-20(23(28)29-4)8-7-17(22)2/h7-12,14,16,18H,5-6,13,15H2,1-4H3,(H2,25,26,30)/t16-,18+/m0/s1. The summed E-state index contributed by atoms with van der Waals surface area (Å²) in [5, 5.41) is 7.05. The van der Waals surface area contributed by atoms with Gasteiger partial charge in [0.2, 0.25) is 0 Å². The van der Waals surface area contributed by atoms with E-state index in [0.29, 0.717) is 10.7 Å². The quantitative estimate of drug-likeness (QED) is 0.516. The Labute approximate surface area is 184 Å². The summed E-state index contributed by atoms with van der Waals surface area (Å²) in [6, 6.07) is 14.2. The summed E-state index contributed by atoms with van der Waals surface area (Å²) < 4.78 is 4.80. The third-order valence-electron chi connectivity index (χ3n) is 5.67. The Kier molecular flexibility index (Phi) is 7.32. The van der Waals surface area contributed by atoms with E-state index in [1.807, 2.05) is 13.0 Å². The summed E-state index contributed by atoms with van der Waals surface area (Å²) in [4.78, 5) is 14.3. The second-order valence-electron chi connectivity index (χ2n) is 8.13. The number of hydrogen-bond donors (Lipinski definition) is 2. The van der Waals surface area contributed by atoms with Crippen molar-refractivity contribution in [3.8, 4) is 0 Å². The lowest BCUT2D eigenvalue weighted by molar-refractivity contribution is 0.0601. The van der Waals surface area contributed by atoms with Crippen LogP contribution in [0.1, 0.15) is 54.2 Å². The van der Waals surface area contributed by atoms with E-state index in [9.17, 15) is 4.79 Å². The third kappa shape index (κ3) is 5.51. The largest absolute Gasteiger partial charge is 0.465 e. The molecule has 0 unspecified atom stereocenters. The lowest BCUT2D eigenvalue weighted by Crippen LogP contribution is -2.34. The molecule has 2 aromatic rings. The van der Waals surface area contributed by atoms with Crippen LogP contribution in [0.15, 0.2) is 42.5 Å². The minimum atomic E-state index is -0.367. The summed E-state index contributed by atoms with van der Waals surface area (Å²) in [6.45, 7) is 8.64. The van der Waals surface area contributed by atoms with E-state index < -0.39 is 0 Å². The Morgan fingerprint density at radius 2 is 1.97 bits per heavy atom. The molecule has 0 aromatic heterocycles. The van der Waals surface area contributed by atoms with Crippen molar-refractivity contribution < 1.29 is 9.53 Å². The van der Waals surface area contributed by atoms with E-state index in [1.54, 1.807) is 12.1 Å². The maximum Gasteiger partial charge on any atom is 0.337 e. The summed E-state index contributed by atoms with van der Waals surface area (Å²) in [5.74, 6) is 0.386. The Morgan fingerprint density at radius 1 is 1.23 bits per heavy atom. The van der Waals surface area contributed by atoms with Crippen LogP contribution < -0.4 is 15.5 Å². The molecule has 1 heterocycles. The van der Waals surface area contributed by atoms with Crippen molar-refractivity contribution in [1.29, 1.82) is 0 Å². The number of esters is 1. The molecular weight excluding hydrogens is 394 g/mol. The van der Waals surface area contributed by atoms with E-state index in [2.05, 4.69) is 53.6 Å². The molecule has 0 amide bonds. The van der Waals surface area contributed by atoms with E-state index in [4.69, 9.17) is 17.0 Å². The highest BCUT2D eigenvalue weighted by Crippen LogP contribution is 2.25. The third-order valence-corrected chi connectivity index (χ3v) is 5.89. The van der Waals surface area contributed by atoms with Gasteiger partial charge in [-0.05, 0) is 80.2 Å². The minimum absolute atomic E-state index is 0.0587. The van der Waals surface area contributed by atoms with Gasteiger partial charge >= 0.3 is 5.97 Å². The number of carbonyl (C=O) groups is 1. The van der Waals surface area contributed by atoms with Gasteiger partial charge in [-0.1, -0.05) is 25.1 Å². The van der Waals surface area contributed by atoms with Gasteiger partial charge in [-0.25, -0.2) is 4.79 Å². The first-order valence-electron chi connectivity index (χ1n) is 10.5. The number of nitrogens with zero attached hydrogens (tertiary/aromatic N) is 1. The number of thiocarbonyl (C=S) groups is 1. The van der Waals surface area contributed by atoms with E-state index >= 15 is 0 Å². The normalized spacial score (nSPS) is 17.2. The van der Waals surface area contributed by atoms with Crippen molar-refractivity contribution in [2.45, 2.75) is 39.7 Å². The average molecular weight is 426 g/mol. The SMILES string of the molecule is COC(=O)c1ccc(C)c(NC(=S)N[C@H](C)c2ccc(N3CCC[C@H](C)C3)cc2)c1. The number of carbonyl (C=O) groups excluding carboxylic acids is 1. The fraction of sp³-hybridized carbons (Fsp3) is 0.417. The smallest absolute Gasteiger partial charge is 0.337 e. The molecule has 2 aromatic carbocycles. The first-order chi connectivity index (χ1) is 14.4. The molecule has 2 atom stereocenters. The molecule has 0 radical (unpaired) electrons. The highest BCUT2D eigenvalue weighted by molar-refractivity contribution is 7.80. The molecule has 1 aliphatic rings. The second-order valence-corrected chi connectivity index (χ2v) is 8.53. The van der Waals surface area contributed by atoms with E-state index in [-0.39, 0.29) is 12.0 Å². The van der Waals surface area contributed by atoms with Gasteiger partial charge in [-0.3, -0.25) is 0 Å². The van der Waals surface area contributed by atoms with Crippen LogP contribution in [0.2, 0.25) is 0 Å². The molecule has 6 heteroatoms. The molecule has 2 N–H and O–H groups in total. The molecule has 0 spiro atoms. The van der Waals surface area contributed by atoms with Crippen LogP contribution in [-0.2, 0) is 4.74 Å². The molecule has 0 bridgehead atoms. The van der Waals surface area contributed by atoms with Crippen molar-refractivity contribution in [2.24, 2.45) is 5.92 Å². The zero-order valence-electron chi connectivity index (χ0n) is 18.2. The maximum atomic E-state index is 11.8. The van der Waals surface area contributed by atoms with Crippen LogP contribution >= 0.6 is 12.2 Å². The lowest BCUT2D eigenvalue weighted by Gasteiger charge is -2.33. The second kappa shape index (κ2) is 9.94. The first-order valence-corrected chi connectivity index (χ1v) is 10.9. The van der Waals surface area contributed by atoms with Crippen LogP contribution in [0.3, 0.4) is 0 Å². The zero-order chi connectivity index (χ0) is 21.7. The minimum Gasteiger partial charge on any atom is -0.465 e. The van der Waals surface area contributed by atoms with Gasteiger partial charge in [0.25, 0.3) is 0 Å². The van der Waals surface area contributed by atoms with Gasteiger partial charge in [0, 0.05) is 24.5 Å². The fourth-order valence-electron chi connectivity index (χ4n) is 3.84. The molecular formula is C24H31N3O2S. The van der Waals surface area contributed by atoms with Crippen molar-refractivity contribution in [3.05, 3.63) is 59.2 Å². The van der Waals surface area contributed by atoms with Crippen molar-refractivity contribution in [2.75, 3.05) is 30.4 Å². The summed E-state index contributed by atoms with van der Waals surface area (Å²) in [5.41, 5.74) is 4.74. The molecule has 160 valence electrons. The highest BCUT2D eigenvalue weighted by atomic mass is 32.1. The zero-order valence-corrected chi connectivity index (χ0v) is 19.0. The number of nitrogens with one attached hydrogen (secondary N) is 2. The Bertz CT molecular complexity index is 898. The molecule has 5 nitrogen and oxygen atoms in total. The van der Waals surface area contributed by atoms with Crippen molar-refractivity contribution in [1.82, 2.24) is 5.32 Å². The van der Waals surface area contributed by atoms with Gasteiger partial charge in [0.1, 0.15) is 0 Å². The number of hydrogen-bond acceptors (Lipinski definition) is 4. The number of piperidine rings is 1. The van der Waals surface area contributed by atoms with Crippen LogP contribution in [0, 0.1) is 12.8 Å². The van der Waals surface area contributed by atoms with Crippen LogP contribution in [0.25, 0.3) is 0 Å². The van der Waals surface area contributed by atoms with Gasteiger partial charge < -0.3 is 20.3 Å². The molecule has 0 aliphatic carbocycles. The summed E-state index contributed by atoms with van der Waals surface area (Å²) in [7, 11) is 1.38. The van der Waals surface area contributed by atoms with Crippen LogP contribution in [0.5, 0.6) is 0 Å². The predicted molar refractivity (Wildman–Crippen MR) is 127 cm³/mol. The summed E-state index contributed by atoms with van der Waals surface area (Å²) in [6.07, 6.45) is 2.58. The van der Waals surface area contributed by atoms with Gasteiger partial charge in [-0.15, -0.1) is 0 Å². The Morgan fingerprint density at radius 3 is 2.63 bits per heavy atom. The van der Waals surface area contributed by atoms with Gasteiger partial charge in [0.05, 0.1) is 18.7 Å². The first kappa shape index (κ1) is 22.1. The molecule has 1 saturated heterocycles. The fourth-order valence-corrected chi connectivity index (χ4v) is 4.12. The number of ether oxygens (including phenoxy) is 1. The maximum absolute atomic E-state index is 11.8. The number of methoxy groups -OCH3 is 1. The number of anilines is 2. The Hall–Kier alpha value is -2.60. The van der Waals surface area contributed by atoms with Gasteiger partial charge in [-0.2, -0.15) is 0 Å².